The van der Waals surface area contributed by atoms with E-state index in [1.54, 1.807) is 7.05 Å². The van der Waals surface area contributed by atoms with Crippen LogP contribution in [0.25, 0.3) is 0 Å². The lowest BCUT2D eigenvalue weighted by Gasteiger charge is -2.35. The van der Waals surface area contributed by atoms with Gasteiger partial charge < -0.3 is 15.5 Å². The molecular formula is C18H35IN4O. The van der Waals surface area contributed by atoms with E-state index in [1.165, 1.54) is 25.7 Å². The van der Waals surface area contributed by atoms with E-state index < -0.39 is 0 Å². The lowest BCUT2D eigenvalue weighted by Crippen LogP contribution is -2.47. The minimum Gasteiger partial charge on any atom is -0.359 e. The fourth-order valence-electron chi connectivity index (χ4n) is 4.03. The average molecular weight is 450 g/mol. The van der Waals surface area contributed by atoms with Crippen molar-refractivity contribution in [1.29, 1.82) is 0 Å². The largest absolute Gasteiger partial charge is 0.359 e. The number of rotatable bonds is 4. The Morgan fingerprint density at radius 2 is 1.88 bits per heavy atom. The smallest absolute Gasteiger partial charge is 0.220 e. The van der Waals surface area contributed by atoms with E-state index in [4.69, 9.17) is 0 Å². The van der Waals surface area contributed by atoms with Gasteiger partial charge in [0.25, 0.3) is 0 Å². The first kappa shape index (κ1) is 21.5. The molecule has 2 unspecified atom stereocenters. The van der Waals surface area contributed by atoms with Crippen molar-refractivity contribution in [2.45, 2.75) is 51.9 Å². The van der Waals surface area contributed by atoms with E-state index in [2.05, 4.69) is 27.4 Å². The van der Waals surface area contributed by atoms with Gasteiger partial charge in [-0.05, 0) is 43.4 Å². The molecule has 1 aliphatic carbocycles. The van der Waals surface area contributed by atoms with E-state index in [-0.39, 0.29) is 29.9 Å². The van der Waals surface area contributed by atoms with Gasteiger partial charge in [-0.1, -0.05) is 19.8 Å². The molecule has 1 saturated heterocycles. The topological polar surface area (TPSA) is 56.7 Å². The van der Waals surface area contributed by atoms with Crippen LogP contribution in [0, 0.1) is 17.8 Å². The summed E-state index contributed by atoms with van der Waals surface area (Å²) < 4.78 is 0. The van der Waals surface area contributed by atoms with Crippen molar-refractivity contribution in [1.82, 2.24) is 15.5 Å². The van der Waals surface area contributed by atoms with Crippen LogP contribution in [0.3, 0.4) is 0 Å². The highest BCUT2D eigenvalue weighted by molar-refractivity contribution is 14.0. The number of aliphatic imine (C=N–C) groups is 1. The Labute approximate surface area is 164 Å². The molecule has 2 atom stereocenters. The Kier molecular flexibility index (Phi) is 10.0. The molecule has 2 rings (SSSR count). The minimum absolute atomic E-state index is 0. The molecule has 2 fully saturated rings. The van der Waals surface area contributed by atoms with Crippen LogP contribution < -0.4 is 10.6 Å². The van der Waals surface area contributed by atoms with Crippen LogP contribution in [0.5, 0.6) is 0 Å². The molecule has 2 aliphatic rings. The molecule has 2 N–H and O–H groups in total. The molecular weight excluding hydrogens is 415 g/mol. The third-order valence-electron chi connectivity index (χ3n) is 5.47. The molecule has 1 amide bonds. The van der Waals surface area contributed by atoms with Crippen LogP contribution in [0.15, 0.2) is 4.99 Å². The maximum atomic E-state index is 11.5. The van der Waals surface area contributed by atoms with Crippen molar-refractivity contribution in [3.8, 4) is 0 Å². The van der Waals surface area contributed by atoms with Gasteiger partial charge in [0, 0.05) is 40.2 Å². The number of hydrogen-bond acceptors (Lipinski definition) is 2. The zero-order chi connectivity index (χ0) is 16.7. The molecule has 0 radical (unpaired) electrons. The van der Waals surface area contributed by atoms with E-state index in [9.17, 15) is 4.79 Å². The summed E-state index contributed by atoms with van der Waals surface area (Å²) in [4.78, 5) is 18.3. The highest BCUT2D eigenvalue weighted by atomic mass is 127. The van der Waals surface area contributed by atoms with Crippen LogP contribution in [0.4, 0.5) is 0 Å². The predicted octanol–water partition coefficient (Wildman–Crippen LogP) is 2.85. The molecule has 24 heavy (non-hydrogen) atoms. The summed E-state index contributed by atoms with van der Waals surface area (Å²) in [6.07, 6.45) is 8.28. The maximum Gasteiger partial charge on any atom is 0.220 e. The van der Waals surface area contributed by atoms with Crippen molar-refractivity contribution < 1.29 is 4.79 Å². The van der Waals surface area contributed by atoms with Crippen molar-refractivity contribution in [2.75, 3.05) is 33.7 Å². The standard InChI is InChI=1S/C18H34N4O.HI/c1-14-5-4-6-16(11-14)13-21-18(20-3)22-9-7-15(8-10-22)12-17(23)19-2;/h14-16H,4-13H2,1-3H3,(H,19,23)(H,20,21);1H. The lowest BCUT2D eigenvalue weighted by molar-refractivity contribution is -0.121. The SMILES string of the molecule is CN=C(NCC1CCCC(C)C1)N1CCC(CC(=O)NC)CC1.I. The number of carbonyl (C=O) groups excluding carboxylic acids is 1. The van der Waals surface area contributed by atoms with Gasteiger partial charge in [-0.15, -0.1) is 24.0 Å². The molecule has 0 aromatic rings. The number of nitrogens with one attached hydrogen (secondary N) is 2. The number of halogens is 1. The number of guanidine groups is 1. The number of hydrogen-bond donors (Lipinski definition) is 2. The molecule has 1 saturated carbocycles. The summed E-state index contributed by atoms with van der Waals surface area (Å²) in [5, 5.41) is 6.32. The van der Waals surface area contributed by atoms with Gasteiger partial charge in [0.05, 0.1) is 0 Å². The van der Waals surface area contributed by atoms with Gasteiger partial charge in [-0.3, -0.25) is 9.79 Å². The van der Waals surface area contributed by atoms with Crippen LogP contribution in [-0.2, 0) is 4.79 Å². The first-order chi connectivity index (χ1) is 11.1. The Bertz CT molecular complexity index is 408. The maximum absolute atomic E-state index is 11.5. The second kappa shape index (κ2) is 11.2. The summed E-state index contributed by atoms with van der Waals surface area (Å²) in [7, 11) is 3.60. The van der Waals surface area contributed by atoms with Gasteiger partial charge in [-0.2, -0.15) is 0 Å². The van der Waals surface area contributed by atoms with E-state index in [1.807, 2.05) is 7.05 Å². The van der Waals surface area contributed by atoms with Crippen molar-refractivity contribution in [3.05, 3.63) is 0 Å². The van der Waals surface area contributed by atoms with E-state index >= 15 is 0 Å². The average Bonchev–Trinajstić information content (AvgIpc) is 2.56. The summed E-state index contributed by atoms with van der Waals surface area (Å²) in [6, 6.07) is 0. The zero-order valence-electron chi connectivity index (χ0n) is 15.5. The monoisotopic (exact) mass is 450 g/mol. The normalized spacial score (nSPS) is 25.8. The summed E-state index contributed by atoms with van der Waals surface area (Å²) in [5.41, 5.74) is 0. The van der Waals surface area contributed by atoms with Gasteiger partial charge in [0.15, 0.2) is 5.96 Å². The van der Waals surface area contributed by atoms with Crippen LogP contribution in [-0.4, -0.2) is 50.5 Å². The van der Waals surface area contributed by atoms with Crippen LogP contribution >= 0.6 is 24.0 Å². The molecule has 0 aromatic carbocycles. The van der Waals surface area contributed by atoms with Crippen LogP contribution in [0.2, 0.25) is 0 Å². The molecule has 6 heteroatoms. The quantitative estimate of drug-likeness (QED) is 0.394. The number of piperidine rings is 1. The second-order valence-electron chi connectivity index (χ2n) is 7.37. The molecule has 5 nitrogen and oxygen atoms in total. The summed E-state index contributed by atoms with van der Waals surface area (Å²) in [5.74, 6) is 3.39. The van der Waals surface area contributed by atoms with Gasteiger partial charge in [-0.25, -0.2) is 0 Å². The lowest BCUT2D eigenvalue weighted by atomic mass is 9.82. The van der Waals surface area contributed by atoms with E-state index in [0.29, 0.717) is 12.3 Å². The fraction of sp³-hybridized carbons (Fsp3) is 0.889. The Balaban J connectivity index is 0.00000288. The zero-order valence-corrected chi connectivity index (χ0v) is 17.8. The Morgan fingerprint density at radius 1 is 1.17 bits per heavy atom. The summed E-state index contributed by atoms with van der Waals surface area (Å²) >= 11 is 0. The number of likely N-dealkylation sites (tertiary alicyclic amines) is 1. The van der Waals surface area contributed by atoms with Crippen molar-refractivity contribution in [2.24, 2.45) is 22.7 Å². The Hall–Kier alpha value is -0.530. The third-order valence-corrected chi connectivity index (χ3v) is 5.47. The molecule has 140 valence electrons. The minimum atomic E-state index is 0. The number of carbonyl (C=O) groups is 1. The first-order valence-electron chi connectivity index (χ1n) is 9.28. The second-order valence-corrected chi connectivity index (χ2v) is 7.37. The molecule has 0 spiro atoms. The van der Waals surface area contributed by atoms with Gasteiger partial charge >= 0.3 is 0 Å². The van der Waals surface area contributed by atoms with Crippen molar-refractivity contribution in [3.63, 3.8) is 0 Å². The van der Waals surface area contributed by atoms with Gasteiger partial charge in [0.2, 0.25) is 5.91 Å². The molecule has 1 heterocycles. The predicted molar refractivity (Wildman–Crippen MR) is 111 cm³/mol. The molecule has 1 aliphatic heterocycles. The summed E-state index contributed by atoms with van der Waals surface area (Å²) in [6.45, 7) is 5.43. The number of amides is 1. The fourth-order valence-corrected chi connectivity index (χ4v) is 4.03. The van der Waals surface area contributed by atoms with E-state index in [0.717, 1.165) is 50.3 Å². The highest BCUT2D eigenvalue weighted by Gasteiger charge is 2.24. The third kappa shape index (κ3) is 6.76. The highest BCUT2D eigenvalue weighted by Crippen LogP contribution is 2.28. The van der Waals surface area contributed by atoms with Crippen LogP contribution in [0.1, 0.15) is 51.9 Å². The number of nitrogens with zero attached hydrogens (tertiary/aromatic N) is 2. The molecule has 0 aromatic heterocycles. The Morgan fingerprint density at radius 3 is 2.46 bits per heavy atom. The molecule has 0 bridgehead atoms. The first-order valence-corrected chi connectivity index (χ1v) is 9.28. The van der Waals surface area contributed by atoms with Gasteiger partial charge in [0.1, 0.15) is 0 Å². The van der Waals surface area contributed by atoms with Crippen molar-refractivity contribution >= 4 is 35.8 Å².